The summed E-state index contributed by atoms with van der Waals surface area (Å²) in [7, 11) is 2.53. The number of hydrogen-bond donors (Lipinski definition) is 5. The second kappa shape index (κ2) is 16.8. The van der Waals surface area contributed by atoms with Crippen LogP contribution in [0.15, 0.2) is 60.9 Å². The van der Waals surface area contributed by atoms with Crippen LogP contribution in [0.1, 0.15) is 70.7 Å². The largest absolute Gasteiger partial charge is 0.453 e. The zero-order chi connectivity index (χ0) is 39.4. The molecule has 0 aliphatic carbocycles. The van der Waals surface area contributed by atoms with Crippen LogP contribution in [-0.4, -0.2) is 104 Å². The molecule has 2 aromatic heterocycles. The Morgan fingerprint density at radius 1 is 0.691 bits per heavy atom. The highest BCUT2D eigenvalue weighted by atomic mass is 16.5. The monoisotopic (exact) mass is 754 g/mol. The topological polar surface area (TPSA) is 195 Å². The Balaban J connectivity index is 1.12. The van der Waals surface area contributed by atoms with Gasteiger partial charge in [0.25, 0.3) is 0 Å². The molecule has 2 aromatic carbocycles. The molecule has 6 rings (SSSR count). The third kappa shape index (κ3) is 8.36. The van der Waals surface area contributed by atoms with Crippen LogP contribution in [0.4, 0.5) is 9.59 Å². The molecule has 2 fully saturated rings. The molecule has 55 heavy (non-hydrogen) atoms. The number of aliphatic hydroxyl groups excluding tert-OH is 1. The Bertz CT molecular complexity index is 1970. The number of carbonyl (C=O) groups excluding carboxylic acids is 4. The first-order chi connectivity index (χ1) is 26.4. The number of H-pyrrole nitrogens is 2. The number of ether oxygens (including phenoxy) is 2. The lowest BCUT2D eigenvalue weighted by Gasteiger charge is -2.30. The normalized spacial score (nSPS) is 19.4. The summed E-state index contributed by atoms with van der Waals surface area (Å²) in [5.74, 6) is 0.416. The molecular weight excluding hydrogens is 704 g/mol. The van der Waals surface area contributed by atoms with Crippen molar-refractivity contribution in [2.75, 3.05) is 27.3 Å². The standard InChI is InChI=1S/C40H50N8O7/c1-22(2)32(45-39(52)54-5)37(50)47-18-7-8-30(47)35-41-20-28(43-35)26-13-9-24(10-14-26)25-11-15-27(16-12-25)29-21-42-36(44-29)34-31(49)17-19-48(34)38(51)33(23(3)4)46-40(53)55-6/h9-16,20-23,30-34,49H,7-8,17-19H2,1-6H3,(H,41,43)(H,42,44)(H,45,52)(H,46,53)/t30?,31-,32-,33-,34-/m0/s1. The van der Waals surface area contributed by atoms with Crippen molar-refractivity contribution in [2.45, 2.75) is 77.2 Å². The van der Waals surface area contributed by atoms with Crippen LogP contribution >= 0.6 is 0 Å². The van der Waals surface area contributed by atoms with Gasteiger partial charge in [0.05, 0.1) is 50.1 Å². The number of hydrogen-bond acceptors (Lipinski definition) is 9. The van der Waals surface area contributed by atoms with Crippen molar-refractivity contribution in [3.63, 3.8) is 0 Å². The minimum Gasteiger partial charge on any atom is -0.453 e. The second-order valence-corrected chi connectivity index (χ2v) is 14.8. The lowest BCUT2D eigenvalue weighted by Crippen LogP contribution is -2.51. The summed E-state index contributed by atoms with van der Waals surface area (Å²) in [6.07, 6.45) is 3.34. The van der Waals surface area contributed by atoms with Gasteiger partial charge in [-0.1, -0.05) is 76.2 Å². The van der Waals surface area contributed by atoms with Crippen LogP contribution in [0.25, 0.3) is 33.6 Å². The third-order valence-corrected chi connectivity index (χ3v) is 10.5. The first kappa shape index (κ1) is 39.0. The minimum absolute atomic E-state index is 0.113. The molecule has 2 saturated heterocycles. The summed E-state index contributed by atoms with van der Waals surface area (Å²) in [6.45, 7) is 8.38. The number of aromatic amines is 2. The van der Waals surface area contributed by atoms with Gasteiger partial charge in [-0.15, -0.1) is 0 Å². The molecule has 2 aliphatic rings. The van der Waals surface area contributed by atoms with Gasteiger partial charge in [0.15, 0.2) is 0 Å². The number of benzene rings is 2. The smallest absolute Gasteiger partial charge is 0.407 e. The predicted molar refractivity (Wildman–Crippen MR) is 204 cm³/mol. The predicted octanol–water partition coefficient (Wildman–Crippen LogP) is 5.19. The lowest BCUT2D eigenvalue weighted by molar-refractivity contribution is -0.136. The first-order valence-electron chi connectivity index (χ1n) is 18.7. The Morgan fingerprint density at radius 3 is 1.64 bits per heavy atom. The zero-order valence-corrected chi connectivity index (χ0v) is 32.0. The van der Waals surface area contributed by atoms with Crippen LogP contribution in [0.3, 0.4) is 0 Å². The number of methoxy groups -OCH3 is 2. The number of nitrogens with zero attached hydrogens (tertiary/aromatic N) is 4. The van der Waals surface area contributed by atoms with E-state index in [1.54, 1.807) is 22.2 Å². The van der Waals surface area contributed by atoms with Gasteiger partial charge in [-0.25, -0.2) is 19.6 Å². The fourth-order valence-corrected chi connectivity index (χ4v) is 7.39. The van der Waals surface area contributed by atoms with Crippen LogP contribution in [0.2, 0.25) is 0 Å². The number of imidazole rings is 2. The molecule has 1 unspecified atom stereocenters. The summed E-state index contributed by atoms with van der Waals surface area (Å²) in [4.78, 5) is 70.3. The molecular formula is C40H50N8O7. The highest BCUT2D eigenvalue weighted by molar-refractivity contribution is 5.87. The summed E-state index contributed by atoms with van der Waals surface area (Å²) in [5, 5.41) is 16.2. The number of aromatic nitrogens is 4. The van der Waals surface area contributed by atoms with Gasteiger partial charge in [0, 0.05) is 13.1 Å². The van der Waals surface area contributed by atoms with Gasteiger partial charge in [-0.05, 0) is 53.4 Å². The fourth-order valence-electron chi connectivity index (χ4n) is 7.39. The number of carbonyl (C=O) groups is 4. The quantitative estimate of drug-likeness (QED) is 0.137. The molecule has 0 radical (unpaired) electrons. The number of likely N-dealkylation sites (tertiary alicyclic amines) is 2. The maximum absolute atomic E-state index is 13.6. The number of nitrogens with one attached hydrogen (secondary N) is 4. The third-order valence-electron chi connectivity index (χ3n) is 10.5. The van der Waals surface area contributed by atoms with E-state index in [4.69, 9.17) is 9.47 Å². The lowest BCUT2D eigenvalue weighted by atomic mass is 10.0. The van der Waals surface area contributed by atoms with E-state index in [0.717, 1.165) is 46.5 Å². The highest BCUT2D eigenvalue weighted by Gasteiger charge is 2.42. The van der Waals surface area contributed by atoms with E-state index >= 15 is 0 Å². The van der Waals surface area contributed by atoms with Gasteiger partial charge in [0.1, 0.15) is 29.8 Å². The maximum Gasteiger partial charge on any atom is 0.407 e. The summed E-state index contributed by atoms with van der Waals surface area (Å²) >= 11 is 0. The van der Waals surface area contributed by atoms with E-state index in [1.807, 2.05) is 76.2 Å². The van der Waals surface area contributed by atoms with E-state index in [-0.39, 0.29) is 29.7 Å². The minimum atomic E-state index is -0.812. The van der Waals surface area contributed by atoms with Gasteiger partial charge in [0.2, 0.25) is 11.8 Å². The van der Waals surface area contributed by atoms with Crippen molar-refractivity contribution in [3.05, 3.63) is 72.6 Å². The van der Waals surface area contributed by atoms with Gasteiger partial charge in [-0.2, -0.15) is 0 Å². The average Bonchev–Trinajstić information content (AvgIpc) is 4.02. The maximum atomic E-state index is 13.6. The van der Waals surface area contributed by atoms with E-state index in [1.165, 1.54) is 14.2 Å². The molecule has 2 aliphatic heterocycles. The summed E-state index contributed by atoms with van der Waals surface area (Å²) < 4.78 is 9.47. The Morgan fingerprint density at radius 2 is 1.15 bits per heavy atom. The SMILES string of the molecule is COC(=O)N[C@H](C(=O)N1CCCC1c1ncc(-c2ccc(-c3ccc(-c4cnc([C@@H]5[C@@H](O)CCN5C(=O)[C@@H](NC(=O)OC)C(C)C)[nH]4)cc3)cc2)[nH]1)C(C)C. The van der Waals surface area contributed by atoms with Crippen LogP contribution < -0.4 is 10.6 Å². The first-order valence-corrected chi connectivity index (χ1v) is 18.7. The van der Waals surface area contributed by atoms with E-state index in [9.17, 15) is 24.3 Å². The molecule has 0 spiro atoms. The van der Waals surface area contributed by atoms with Gasteiger partial charge >= 0.3 is 12.2 Å². The molecule has 5 atom stereocenters. The second-order valence-electron chi connectivity index (χ2n) is 14.8. The van der Waals surface area contributed by atoms with Crippen LogP contribution in [-0.2, 0) is 19.1 Å². The van der Waals surface area contributed by atoms with Crippen molar-refractivity contribution < 1.29 is 33.8 Å². The van der Waals surface area contributed by atoms with E-state index in [0.29, 0.717) is 31.2 Å². The average molecular weight is 755 g/mol. The van der Waals surface area contributed by atoms with Crippen molar-refractivity contribution in [1.82, 2.24) is 40.4 Å². The number of alkyl carbamates (subject to hydrolysis) is 2. The Hall–Kier alpha value is -5.70. The van der Waals surface area contributed by atoms with Crippen molar-refractivity contribution in [2.24, 2.45) is 11.8 Å². The molecule has 4 amide bonds. The molecule has 292 valence electrons. The van der Waals surface area contributed by atoms with E-state index in [2.05, 4.69) is 30.6 Å². The van der Waals surface area contributed by atoms with Crippen LogP contribution in [0, 0.1) is 11.8 Å². The number of rotatable bonds is 11. The molecule has 0 saturated carbocycles. The molecule has 4 aromatic rings. The summed E-state index contributed by atoms with van der Waals surface area (Å²) in [5.41, 5.74) is 5.47. The molecule has 5 N–H and O–H groups in total. The molecule has 15 heteroatoms. The van der Waals surface area contributed by atoms with Gasteiger partial charge < -0.3 is 45.0 Å². The van der Waals surface area contributed by atoms with Crippen molar-refractivity contribution in [3.8, 4) is 33.6 Å². The number of amides is 4. The molecule has 15 nitrogen and oxygen atoms in total. The van der Waals surface area contributed by atoms with Crippen LogP contribution in [0.5, 0.6) is 0 Å². The van der Waals surface area contributed by atoms with Gasteiger partial charge in [-0.3, -0.25) is 9.59 Å². The highest BCUT2D eigenvalue weighted by Crippen LogP contribution is 2.35. The fraction of sp³-hybridized carbons (Fsp3) is 0.450. The molecule has 4 heterocycles. The zero-order valence-electron chi connectivity index (χ0n) is 32.0. The van der Waals surface area contributed by atoms with E-state index < -0.39 is 36.4 Å². The Labute approximate surface area is 320 Å². The number of aliphatic hydroxyl groups is 1. The van der Waals surface area contributed by atoms with Crippen molar-refractivity contribution >= 4 is 24.0 Å². The summed E-state index contributed by atoms with van der Waals surface area (Å²) in [6, 6.07) is 13.8. The molecule has 0 bridgehead atoms. The Kier molecular flexibility index (Phi) is 11.9. The van der Waals surface area contributed by atoms with Crippen molar-refractivity contribution in [1.29, 1.82) is 0 Å².